The van der Waals surface area contributed by atoms with Gasteiger partial charge in [0.25, 0.3) is 0 Å². The van der Waals surface area contributed by atoms with Crippen LogP contribution in [0.4, 0.5) is 11.5 Å². The highest BCUT2D eigenvalue weighted by molar-refractivity contribution is 7.98. The molecule has 9 heteroatoms. The van der Waals surface area contributed by atoms with Gasteiger partial charge in [-0.25, -0.2) is 9.50 Å². The zero-order chi connectivity index (χ0) is 25.1. The maximum Gasteiger partial charge on any atom is 0.177 e. The van der Waals surface area contributed by atoms with E-state index in [2.05, 4.69) is 32.5 Å². The molecular weight excluding hydrogens is 482 g/mol. The van der Waals surface area contributed by atoms with Crippen molar-refractivity contribution in [3.63, 3.8) is 0 Å². The number of nitriles is 2. The minimum absolute atomic E-state index is 0. The van der Waals surface area contributed by atoms with Crippen LogP contribution in [0.15, 0.2) is 78.1 Å². The van der Waals surface area contributed by atoms with Gasteiger partial charge in [0.1, 0.15) is 39.8 Å². The summed E-state index contributed by atoms with van der Waals surface area (Å²) < 4.78 is 7.40. The number of hydrogen-bond donors (Lipinski definition) is 1. The molecule has 1 N–H and O–H groups in total. The summed E-state index contributed by atoms with van der Waals surface area (Å²) in [7, 11) is 0. The standard InChI is InChI=1S/C27H19N7OS.CH4/c1-17-4-3-5-18(14-17)24-22(15-28)27(36-2)32-26-23(16-29)25(33-34(24)26)31-19-6-8-20(9-7-19)35-21-10-12-30-13-11-21;/h3-14H,1-2H3,(H,31,33);1H4. The normalized spacial score (nSPS) is 10.3. The number of fused-ring (bicyclic) bond motifs is 1. The van der Waals surface area contributed by atoms with E-state index in [4.69, 9.17) is 4.74 Å². The monoisotopic (exact) mass is 505 g/mol. The third-order valence-corrected chi connectivity index (χ3v) is 6.12. The molecule has 0 radical (unpaired) electrons. The third kappa shape index (κ3) is 4.94. The molecule has 8 nitrogen and oxygen atoms in total. The molecule has 182 valence electrons. The lowest BCUT2D eigenvalue weighted by atomic mass is 10.1. The molecule has 0 aliphatic carbocycles. The number of anilines is 2. The molecular formula is C28H23N7OS. The fourth-order valence-corrected chi connectivity index (χ4v) is 4.34. The van der Waals surface area contributed by atoms with Crippen LogP contribution >= 0.6 is 11.8 Å². The summed E-state index contributed by atoms with van der Waals surface area (Å²) in [6.07, 6.45) is 5.19. The summed E-state index contributed by atoms with van der Waals surface area (Å²) in [4.78, 5) is 8.60. The number of aryl methyl sites for hydroxylation is 1. The van der Waals surface area contributed by atoms with Crippen molar-refractivity contribution in [2.24, 2.45) is 0 Å². The van der Waals surface area contributed by atoms with Crippen LogP contribution in [0.1, 0.15) is 24.1 Å². The average molecular weight is 506 g/mol. The SMILES string of the molecule is C.CSc1nc2c(C#N)c(Nc3ccc(Oc4ccncc4)cc3)nn2c(-c2cccc(C)c2)c1C#N. The summed E-state index contributed by atoms with van der Waals surface area (Å²) >= 11 is 1.36. The van der Waals surface area contributed by atoms with Gasteiger partial charge in [0.2, 0.25) is 0 Å². The van der Waals surface area contributed by atoms with Crippen molar-refractivity contribution < 1.29 is 4.74 Å². The van der Waals surface area contributed by atoms with Gasteiger partial charge in [-0.2, -0.15) is 10.5 Å². The van der Waals surface area contributed by atoms with Crippen LogP contribution in [0.25, 0.3) is 16.9 Å². The average Bonchev–Trinajstić information content (AvgIpc) is 3.25. The molecule has 3 heterocycles. The number of rotatable bonds is 6. The number of hydrogen-bond acceptors (Lipinski definition) is 8. The quantitative estimate of drug-likeness (QED) is 0.199. The predicted molar refractivity (Wildman–Crippen MR) is 145 cm³/mol. The number of pyridine rings is 1. The lowest BCUT2D eigenvalue weighted by Crippen LogP contribution is -2.03. The Kier molecular flexibility index (Phi) is 7.38. The summed E-state index contributed by atoms with van der Waals surface area (Å²) in [5.74, 6) is 1.70. The Bertz CT molecular complexity index is 1650. The van der Waals surface area contributed by atoms with Gasteiger partial charge in [-0.3, -0.25) is 4.98 Å². The van der Waals surface area contributed by atoms with Crippen LogP contribution in [0.2, 0.25) is 0 Å². The molecule has 0 bridgehead atoms. The smallest absolute Gasteiger partial charge is 0.177 e. The Balaban J connectivity index is 0.00000320. The molecule has 2 aromatic carbocycles. The van der Waals surface area contributed by atoms with Gasteiger partial charge in [-0.05, 0) is 55.6 Å². The third-order valence-electron chi connectivity index (χ3n) is 5.44. The highest BCUT2D eigenvalue weighted by atomic mass is 32.2. The van der Waals surface area contributed by atoms with Gasteiger partial charge >= 0.3 is 0 Å². The molecule has 0 unspecified atom stereocenters. The molecule has 0 spiro atoms. The molecule has 0 fully saturated rings. The van der Waals surface area contributed by atoms with Gasteiger partial charge in [0.15, 0.2) is 11.5 Å². The van der Waals surface area contributed by atoms with Crippen molar-refractivity contribution in [2.45, 2.75) is 19.4 Å². The van der Waals surface area contributed by atoms with Gasteiger partial charge < -0.3 is 10.1 Å². The van der Waals surface area contributed by atoms with E-state index < -0.39 is 0 Å². The van der Waals surface area contributed by atoms with E-state index in [0.29, 0.717) is 44.8 Å². The number of nitrogens with one attached hydrogen (secondary N) is 1. The van der Waals surface area contributed by atoms with E-state index >= 15 is 0 Å². The Hall–Kier alpha value is -4.86. The number of ether oxygens (including phenoxy) is 1. The zero-order valence-corrected chi connectivity index (χ0v) is 20.2. The number of thioether (sulfide) groups is 1. The van der Waals surface area contributed by atoms with E-state index in [1.165, 1.54) is 11.8 Å². The maximum atomic E-state index is 10.0. The fourth-order valence-electron chi connectivity index (χ4n) is 3.81. The first-order chi connectivity index (χ1) is 17.6. The molecule has 0 saturated carbocycles. The van der Waals surface area contributed by atoms with Gasteiger partial charge in [0.05, 0.1) is 5.69 Å². The highest BCUT2D eigenvalue weighted by Crippen LogP contribution is 2.34. The first kappa shape index (κ1) is 25.2. The Morgan fingerprint density at radius 3 is 2.30 bits per heavy atom. The second-order valence-corrected chi connectivity index (χ2v) is 8.63. The Morgan fingerprint density at radius 1 is 0.946 bits per heavy atom. The Morgan fingerprint density at radius 2 is 1.65 bits per heavy atom. The number of aromatic nitrogens is 4. The van der Waals surface area contributed by atoms with E-state index in [-0.39, 0.29) is 7.43 Å². The van der Waals surface area contributed by atoms with Gasteiger partial charge in [-0.15, -0.1) is 16.9 Å². The van der Waals surface area contributed by atoms with E-state index in [0.717, 1.165) is 16.8 Å². The predicted octanol–water partition coefficient (Wildman–Crippen LogP) is 6.74. The van der Waals surface area contributed by atoms with Crippen molar-refractivity contribution in [3.05, 3.63) is 89.7 Å². The fraction of sp³-hybridized carbons (Fsp3) is 0.107. The molecule has 0 aliphatic rings. The second-order valence-electron chi connectivity index (χ2n) is 7.83. The molecule has 5 rings (SSSR count). The van der Waals surface area contributed by atoms with Crippen LogP contribution in [0.3, 0.4) is 0 Å². The van der Waals surface area contributed by atoms with Crippen molar-refractivity contribution in [2.75, 3.05) is 11.6 Å². The minimum atomic E-state index is 0. The topological polar surface area (TPSA) is 112 Å². The van der Waals surface area contributed by atoms with Crippen molar-refractivity contribution in [3.8, 4) is 34.9 Å². The van der Waals surface area contributed by atoms with Crippen LogP contribution in [-0.2, 0) is 0 Å². The molecule has 0 atom stereocenters. The van der Waals surface area contributed by atoms with Crippen LogP contribution in [0.5, 0.6) is 11.5 Å². The molecule has 37 heavy (non-hydrogen) atoms. The lowest BCUT2D eigenvalue weighted by Gasteiger charge is -2.11. The summed E-state index contributed by atoms with van der Waals surface area (Å²) in [5, 5.41) is 28.4. The molecule has 3 aromatic heterocycles. The largest absolute Gasteiger partial charge is 0.457 e. The summed E-state index contributed by atoms with van der Waals surface area (Å²) in [5.41, 5.74) is 4.29. The first-order valence-corrected chi connectivity index (χ1v) is 12.2. The highest BCUT2D eigenvalue weighted by Gasteiger charge is 2.23. The molecule has 0 amide bonds. The number of nitrogens with zero attached hydrogens (tertiary/aromatic N) is 6. The van der Waals surface area contributed by atoms with Gasteiger partial charge in [0, 0.05) is 23.6 Å². The first-order valence-electron chi connectivity index (χ1n) is 10.9. The summed E-state index contributed by atoms with van der Waals surface area (Å²) in [6.45, 7) is 1.99. The molecule has 5 aromatic rings. The number of benzene rings is 2. The van der Waals surface area contributed by atoms with Crippen LogP contribution in [0, 0.1) is 29.6 Å². The van der Waals surface area contributed by atoms with Crippen LogP contribution in [-0.4, -0.2) is 25.8 Å². The van der Waals surface area contributed by atoms with Crippen molar-refractivity contribution >= 4 is 28.9 Å². The van der Waals surface area contributed by atoms with E-state index in [1.54, 1.807) is 29.0 Å². The Labute approximate surface area is 219 Å². The molecule has 0 saturated heterocycles. The summed E-state index contributed by atoms with van der Waals surface area (Å²) in [6, 6.07) is 23.2. The second kappa shape index (κ2) is 10.8. The van der Waals surface area contributed by atoms with Gasteiger partial charge in [-0.1, -0.05) is 31.2 Å². The van der Waals surface area contributed by atoms with E-state index in [9.17, 15) is 10.5 Å². The zero-order valence-electron chi connectivity index (χ0n) is 19.4. The maximum absolute atomic E-state index is 10.0. The van der Waals surface area contributed by atoms with Crippen molar-refractivity contribution in [1.29, 1.82) is 10.5 Å². The van der Waals surface area contributed by atoms with Crippen molar-refractivity contribution in [1.82, 2.24) is 19.6 Å². The minimum Gasteiger partial charge on any atom is -0.457 e. The van der Waals surface area contributed by atoms with Crippen LogP contribution < -0.4 is 10.1 Å². The lowest BCUT2D eigenvalue weighted by molar-refractivity contribution is 0.482. The molecule has 0 aliphatic heterocycles. The van der Waals surface area contributed by atoms with E-state index in [1.807, 2.05) is 61.7 Å².